The van der Waals surface area contributed by atoms with E-state index in [0.29, 0.717) is 28.1 Å². The zero-order valence-corrected chi connectivity index (χ0v) is 10.4. The monoisotopic (exact) mass is 268 g/mol. The van der Waals surface area contributed by atoms with Crippen LogP contribution in [-0.2, 0) is 6.54 Å². The molecular formula is C12H10Cl2N2O. The summed E-state index contributed by atoms with van der Waals surface area (Å²) in [4.78, 5) is 4.02. The Bertz CT molecular complexity index is 532. The number of nitrogens with two attached hydrogens (primary N) is 1. The lowest BCUT2D eigenvalue weighted by molar-refractivity contribution is 0.479. The van der Waals surface area contributed by atoms with Gasteiger partial charge in [-0.15, -0.1) is 0 Å². The van der Waals surface area contributed by atoms with Crippen LogP contribution in [0.4, 0.5) is 0 Å². The first-order valence-electron chi connectivity index (χ1n) is 4.96. The Balaban J connectivity index is 2.28. The van der Waals surface area contributed by atoms with Crippen LogP contribution in [-0.4, -0.2) is 4.98 Å². The fourth-order valence-electron chi connectivity index (χ4n) is 1.32. The Hall–Kier alpha value is -1.29. The van der Waals surface area contributed by atoms with Gasteiger partial charge in [0.2, 0.25) is 0 Å². The van der Waals surface area contributed by atoms with Crippen molar-refractivity contribution in [1.82, 2.24) is 4.98 Å². The Morgan fingerprint density at radius 2 is 2.06 bits per heavy atom. The molecule has 0 unspecified atom stereocenters. The van der Waals surface area contributed by atoms with Crippen molar-refractivity contribution in [2.75, 3.05) is 0 Å². The second-order valence-corrected chi connectivity index (χ2v) is 4.17. The highest BCUT2D eigenvalue weighted by Gasteiger charge is 2.06. The molecule has 88 valence electrons. The van der Waals surface area contributed by atoms with E-state index in [1.54, 1.807) is 30.6 Å². The largest absolute Gasteiger partial charge is 0.454 e. The van der Waals surface area contributed by atoms with E-state index < -0.39 is 0 Å². The van der Waals surface area contributed by atoms with Gasteiger partial charge in [-0.3, -0.25) is 4.98 Å². The van der Waals surface area contributed by atoms with Gasteiger partial charge in [-0.25, -0.2) is 0 Å². The summed E-state index contributed by atoms with van der Waals surface area (Å²) in [6, 6.07) is 7.02. The SMILES string of the molecule is NCc1cncc(Oc2cccc(Cl)c2Cl)c1. The quantitative estimate of drug-likeness (QED) is 0.925. The van der Waals surface area contributed by atoms with E-state index in [0.717, 1.165) is 5.56 Å². The lowest BCUT2D eigenvalue weighted by Gasteiger charge is -2.08. The molecule has 2 rings (SSSR count). The second-order valence-electron chi connectivity index (χ2n) is 3.39. The summed E-state index contributed by atoms with van der Waals surface area (Å²) >= 11 is 11.9. The molecule has 0 fully saturated rings. The van der Waals surface area contributed by atoms with Crippen molar-refractivity contribution in [2.24, 2.45) is 5.73 Å². The van der Waals surface area contributed by atoms with Crippen molar-refractivity contribution in [1.29, 1.82) is 0 Å². The molecule has 1 aromatic heterocycles. The number of nitrogens with zero attached hydrogens (tertiary/aromatic N) is 1. The van der Waals surface area contributed by atoms with Crippen LogP contribution in [0, 0.1) is 0 Å². The molecule has 0 radical (unpaired) electrons. The molecule has 0 bridgehead atoms. The summed E-state index contributed by atoms with van der Waals surface area (Å²) in [5.74, 6) is 1.08. The minimum absolute atomic E-state index is 0.382. The normalized spacial score (nSPS) is 10.3. The highest BCUT2D eigenvalue weighted by atomic mass is 35.5. The predicted octanol–water partition coefficient (Wildman–Crippen LogP) is 3.64. The summed E-state index contributed by atoms with van der Waals surface area (Å²) in [5.41, 5.74) is 6.41. The molecule has 0 saturated heterocycles. The number of rotatable bonds is 3. The van der Waals surface area contributed by atoms with Crippen LogP contribution in [0.5, 0.6) is 11.5 Å². The molecule has 0 aliphatic heterocycles. The molecule has 3 nitrogen and oxygen atoms in total. The zero-order chi connectivity index (χ0) is 12.3. The fraction of sp³-hybridized carbons (Fsp3) is 0.0833. The molecule has 2 N–H and O–H groups in total. The average Bonchev–Trinajstić information content (AvgIpc) is 2.35. The van der Waals surface area contributed by atoms with Gasteiger partial charge in [-0.05, 0) is 23.8 Å². The lowest BCUT2D eigenvalue weighted by atomic mass is 10.3. The van der Waals surface area contributed by atoms with Crippen molar-refractivity contribution in [2.45, 2.75) is 6.54 Å². The van der Waals surface area contributed by atoms with Crippen LogP contribution in [0.1, 0.15) is 5.56 Å². The number of aromatic nitrogens is 1. The van der Waals surface area contributed by atoms with Crippen molar-refractivity contribution in [3.63, 3.8) is 0 Å². The molecule has 0 amide bonds. The molecule has 0 saturated carbocycles. The van der Waals surface area contributed by atoms with Crippen LogP contribution in [0.3, 0.4) is 0 Å². The van der Waals surface area contributed by atoms with E-state index in [1.165, 1.54) is 0 Å². The summed E-state index contributed by atoms with van der Waals surface area (Å²) in [6.45, 7) is 0.410. The van der Waals surface area contributed by atoms with Gasteiger partial charge in [0.05, 0.1) is 11.2 Å². The number of halogens is 2. The van der Waals surface area contributed by atoms with Crippen molar-refractivity contribution in [3.05, 3.63) is 52.3 Å². The second kappa shape index (κ2) is 5.36. The number of hydrogen-bond donors (Lipinski definition) is 1. The zero-order valence-electron chi connectivity index (χ0n) is 8.86. The first kappa shape index (κ1) is 12.2. The summed E-state index contributed by atoms with van der Waals surface area (Å²) in [6.07, 6.45) is 3.28. The minimum atomic E-state index is 0.382. The maximum atomic E-state index is 6.01. The Labute approximate surface area is 109 Å². The van der Waals surface area contributed by atoms with Gasteiger partial charge in [0.25, 0.3) is 0 Å². The number of benzene rings is 1. The standard InChI is InChI=1S/C12H10Cl2N2O/c13-10-2-1-3-11(12(10)14)17-9-4-8(5-15)6-16-7-9/h1-4,6-7H,5,15H2. The molecule has 1 aromatic carbocycles. The van der Waals surface area contributed by atoms with Crippen LogP contribution in [0.25, 0.3) is 0 Å². The molecule has 0 spiro atoms. The summed E-state index contributed by atoms with van der Waals surface area (Å²) in [7, 11) is 0. The van der Waals surface area contributed by atoms with Gasteiger partial charge in [0.1, 0.15) is 16.5 Å². The molecule has 2 aromatic rings. The van der Waals surface area contributed by atoms with E-state index in [-0.39, 0.29) is 0 Å². The van der Waals surface area contributed by atoms with E-state index in [9.17, 15) is 0 Å². The fourth-order valence-corrected chi connectivity index (χ4v) is 1.65. The van der Waals surface area contributed by atoms with E-state index in [4.69, 9.17) is 33.7 Å². The summed E-state index contributed by atoms with van der Waals surface area (Å²) in [5, 5.41) is 0.833. The topological polar surface area (TPSA) is 48.1 Å². The van der Waals surface area contributed by atoms with Crippen molar-refractivity contribution >= 4 is 23.2 Å². The van der Waals surface area contributed by atoms with Crippen molar-refractivity contribution < 1.29 is 4.74 Å². The highest BCUT2D eigenvalue weighted by molar-refractivity contribution is 6.42. The maximum Gasteiger partial charge on any atom is 0.147 e. The summed E-state index contributed by atoms with van der Waals surface area (Å²) < 4.78 is 5.60. The molecule has 0 aliphatic rings. The third-order valence-corrected chi connectivity index (χ3v) is 2.95. The van der Waals surface area contributed by atoms with Gasteiger partial charge >= 0.3 is 0 Å². The first-order chi connectivity index (χ1) is 8.20. The van der Waals surface area contributed by atoms with E-state index in [2.05, 4.69) is 4.98 Å². The Morgan fingerprint density at radius 3 is 2.82 bits per heavy atom. The number of pyridine rings is 1. The Kier molecular flexibility index (Phi) is 3.84. The lowest BCUT2D eigenvalue weighted by Crippen LogP contribution is -1.97. The van der Waals surface area contributed by atoms with Crippen LogP contribution in [0.2, 0.25) is 10.0 Å². The first-order valence-corrected chi connectivity index (χ1v) is 5.72. The third-order valence-electron chi connectivity index (χ3n) is 2.15. The van der Waals surface area contributed by atoms with Gasteiger partial charge < -0.3 is 10.5 Å². The highest BCUT2D eigenvalue weighted by Crippen LogP contribution is 2.34. The predicted molar refractivity (Wildman–Crippen MR) is 68.7 cm³/mol. The average molecular weight is 269 g/mol. The molecule has 0 atom stereocenters. The molecule has 5 heteroatoms. The molecule has 0 aliphatic carbocycles. The van der Waals surface area contributed by atoms with Gasteiger partial charge in [0, 0.05) is 12.7 Å². The smallest absolute Gasteiger partial charge is 0.147 e. The van der Waals surface area contributed by atoms with Gasteiger partial charge in [0.15, 0.2) is 0 Å². The molecule has 1 heterocycles. The third kappa shape index (κ3) is 2.88. The van der Waals surface area contributed by atoms with Gasteiger partial charge in [-0.1, -0.05) is 29.3 Å². The molecular weight excluding hydrogens is 259 g/mol. The van der Waals surface area contributed by atoms with Crippen LogP contribution >= 0.6 is 23.2 Å². The Morgan fingerprint density at radius 1 is 1.24 bits per heavy atom. The number of ether oxygens (including phenoxy) is 1. The van der Waals surface area contributed by atoms with Crippen molar-refractivity contribution in [3.8, 4) is 11.5 Å². The maximum absolute atomic E-state index is 6.01. The van der Waals surface area contributed by atoms with E-state index in [1.807, 2.05) is 6.07 Å². The van der Waals surface area contributed by atoms with Crippen LogP contribution in [0.15, 0.2) is 36.7 Å². The number of hydrogen-bond acceptors (Lipinski definition) is 3. The van der Waals surface area contributed by atoms with Gasteiger partial charge in [-0.2, -0.15) is 0 Å². The van der Waals surface area contributed by atoms with Crippen LogP contribution < -0.4 is 10.5 Å². The minimum Gasteiger partial charge on any atom is -0.454 e. The molecule has 17 heavy (non-hydrogen) atoms. The van der Waals surface area contributed by atoms with E-state index >= 15 is 0 Å².